The number of nitrogens with zero attached hydrogens (tertiary/aromatic N) is 3. The van der Waals surface area contributed by atoms with Crippen molar-refractivity contribution in [2.45, 2.75) is 78.4 Å². The molecule has 2 N–H and O–H groups in total. The van der Waals surface area contributed by atoms with Gasteiger partial charge in [-0.1, -0.05) is 26.8 Å². The Morgan fingerprint density at radius 3 is 2.32 bits per heavy atom. The predicted molar refractivity (Wildman–Crippen MR) is 177 cm³/mol. The van der Waals surface area contributed by atoms with E-state index in [1.165, 1.54) is 4.57 Å². The summed E-state index contributed by atoms with van der Waals surface area (Å²) in [6.45, 7) is 23.8. The summed E-state index contributed by atoms with van der Waals surface area (Å²) in [5, 5.41) is 14.4. The molecule has 0 spiro atoms. The zero-order valence-corrected chi connectivity index (χ0v) is 28.5. The second-order valence-electron chi connectivity index (χ2n) is 14.7. The smallest absolute Gasteiger partial charge is 0.419 e. The summed E-state index contributed by atoms with van der Waals surface area (Å²) in [5.41, 5.74) is 3.35. The van der Waals surface area contributed by atoms with Crippen LogP contribution in [0.3, 0.4) is 0 Å². The van der Waals surface area contributed by atoms with E-state index in [1.54, 1.807) is 12.1 Å². The highest BCUT2D eigenvalue weighted by Crippen LogP contribution is 2.38. The third kappa shape index (κ3) is 6.88. The lowest BCUT2D eigenvalue weighted by Crippen LogP contribution is -2.48. The number of hydrogen-bond acceptors (Lipinski definition) is 7. The van der Waals surface area contributed by atoms with E-state index in [9.17, 15) is 14.7 Å². The summed E-state index contributed by atoms with van der Waals surface area (Å²) in [5.74, 6) is -0.176. The third-order valence-corrected chi connectivity index (χ3v) is 13.7. The van der Waals surface area contributed by atoms with Crippen molar-refractivity contribution < 1.29 is 23.9 Å². The second kappa shape index (κ2) is 12.0. The van der Waals surface area contributed by atoms with Gasteiger partial charge in [-0.05, 0) is 80.4 Å². The number of nitrogens with one attached hydrogen (secondary N) is 1. The van der Waals surface area contributed by atoms with Crippen molar-refractivity contribution in [1.82, 2.24) is 19.7 Å². The summed E-state index contributed by atoms with van der Waals surface area (Å²) >= 11 is 0. The molecule has 1 aromatic heterocycles. The number of carbonyl (C=O) groups is 2. The van der Waals surface area contributed by atoms with E-state index in [2.05, 4.69) is 61.1 Å². The average molecular weight is 621 g/mol. The van der Waals surface area contributed by atoms with Crippen LogP contribution in [0.2, 0.25) is 18.1 Å². The van der Waals surface area contributed by atoms with E-state index in [4.69, 9.17) is 9.16 Å². The van der Waals surface area contributed by atoms with Crippen molar-refractivity contribution in [2.24, 2.45) is 0 Å². The first-order valence-corrected chi connectivity index (χ1v) is 18.5. The molecule has 5 rings (SSSR count). The number of fused-ring (bicyclic) bond motifs is 2. The molecule has 0 saturated carbocycles. The van der Waals surface area contributed by atoms with E-state index >= 15 is 0 Å². The molecule has 1 saturated heterocycles. The van der Waals surface area contributed by atoms with Crippen molar-refractivity contribution in [3.05, 3.63) is 53.1 Å². The minimum atomic E-state index is -1.73. The number of rotatable bonds is 7. The number of piperazine rings is 1. The lowest BCUT2D eigenvalue weighted by molar-refractivity contribution is 0.0546. The second-order valence-corrected chi connectivity index (χ2v) is 19.5. The third-order valence-electron chi connectivity index (χ3n) is 9.14. The summed E-state index contributed by atoms with van der Waals surface area (Å²) in [6.07, 6.45) is -0.528. The molecule has 10 heteroatoms. The van der Waals surface area contributed by atoms with Gasteiger partial charge in [-0.3, -0.25) is 14.6 Å². The number of aromatic hydroxyl groups is 1. The maximum atomic E-state index is 13.6. The molecule has 2 aliphatic rings. The van der Waals surface area contributed by atoms with Gasteiger partial charge in [-0.25, -0.2) is 9.36 Å². The number of carbonyl (C=O) groups excluding carboxylic acids is 2. The van der Waals surface area contributed by atoms with Crippen LogP contribution in [0, 0.1) is 0 Å². The normalized spacial score (nSPS) is 16.8. The van der Waals surface area contributed by atoms with Gasteiger partial charge in [0, 0.05) is 63.4 Å². The van der Waals surface area contributed by atoms with Crippen LogP contribution in [0.1, 0.15) is 63.0 Å². The van der Waals surface area contributed by atoms with Crippen molar-refractivity contribution >= 4 is 31.2 Å². The number of hydrogen-bond donors (Lipinski definition) is 2. The van der Waals surface area contributed by atoms with Crippen LogP contribution in [0.4, 0.5) is 4.79 Å². The van der Waals surface area contributed by atoms with Crippen molar-refractivity contribution in [2.75, 3.05) is 39.3 Å². The van der Waals surface area contributed by atoms with Crippen LogP contribution in [0.25, 0.3) is 22.2 Å². The van der Waals surface area contributed by atoms with Crippen LogP contribution in [-0.4, -0.2) is 84.7 Å². The zero-order valence-electron chi connectivity index (χ0n) is 27.5. The van der Waals surface area contributed by atoms with Gasteiger partial charge in [0.1, 0.15) is 11.4 Å². The zero-order chi connectivity index (χ0) is 32.0. The van der Waals surface area contributed by atoms with E-state index in [-0.39, 0.29) is 16.7 Å². The predicted octanol–water partition coefficient (Wildman–Crippen LogP) is 6.18. The molecule has 1 amide bonds. The first-order valence-electron chi connectivity index (χ1n) is 15.6. The van der Waals surface area contributed by atoms with Gasteiger partial charge in [0.25, 0.3) is 5.91 Å². The summed E-state index contributed by atoms with van der Waals surface area (Å²) < 4.78 is 13.7. The van der Waals surface area contributed by atoms with Crippen LogP contribution in [0.15, 0.2) is 36.4 Å². The maximum Gasteiger partial charge on any atom is 0.419 e. The molecule has 238 valence electrons. The first-order chi connectivity index (χ1) is 20.5. The molecule has 0 radical (unpaired) electrons. The van der Waals surface area contributed by atoms with Gasteiger partial charge in [-0.2, -0.15) is 0 Å². The monoisotopic (exact) mass is 620 g/mol. The number of ether oxygens (including phenoxy) is 1. The SMILES string of the molecule is CC(C)(C)OC(=O)n1c(-c2cc(O)cc3c2C(=O)NC3)cc2cc(CN3CCN(CCO[Si](C)(C)C(C)(C)C)CC3)ccc21. The highest BCUT2D eigenvalue weighted by atomic mass is 28.4. The molecule has 2 aromatic carbocycles. The molecule has 0 aliphatic carbocycles. The van der Waals surface area contributed by atoms with Gasteiger partial charge < -0.3 is 19.6 Å². The highest BCUT2D eigenvalue weighted by Gasteiger charge is 2.37. The Kier molecular flexibility index (Phi) is 8.76. The fourth-order valence-corrected chi connectivity index (χ4v) is 6.73. The van der Waals surface area contributed by atoms with E-state index < -0.39 is 20.0 Å². The Morgan fingerprint density at radius 2 is 1.66 bits per heavy atom. The number of aromatic nitrogens is 1. The fraction of sp³-hybridized carbons (Fsp3) is 0.529. The maximum absolute atomic E-state index is 13.6. The van der Waals surface area contributed by atoms with E-state index in [0.717, 1.165) is 56.8 Å². The topological polar surface area (TPSA) is 96.3 Å². The lowest BCUT2D eigenvalue weighted by Gasteiger charge is -2.38. The molecule has 1 fully saturated rings. The molecule has 0 atom stereocenters. The minimum absolute atomic E-state index is 0.0441. The van der Waals surface area contributed by atoms with Crippen LogP contribution in [-0.2, 0) is 22.3 Å². The van der Waals surface area contributed by atoms with Gasteiger partial charge in [-0.15, -0.1) is 0 Å². The van der Waals surface area contributed by atoms with Crippen molar-refractivity contribution in [3.63, 3.8) is 0 Å². The van der Waals surface area contributed by atoms with Crippen molar-refractivity contribution in [3.8, 4) is 17.0 Å². The Balaban J connectivity index is 1.35. The average Bonchev–Trinajstić information content (AvgIpc) is 3.47. The minimum Gasteiger partial charge on any atom is -0.508 e. The van der Waals surface area contributed by atoms with E-state index in [0.29, 0.717) is 34.4 Å². The molecular weight excluding hydrogens is 572 g/mol. The lowest BCUT2D eigenvalue weighted by atomic mass is 9.99. The molecule has 3 heterocycles. The molecular formula is C34H48N4O5Si. The standard InChI is InChI=1S/C34H48N4O5Si/c1-33(2,3)43-32(41)38-28-10-9-23(22-37-13-11-36(12-14-37)15-16-42-44(7,8)34(4,5)6)17-24(28)19-29(38)27-20-26(39)18-25-21-35-31(40)30(25)27/h9-10,17-20,39H,11-16,21-22H2,1-8H3,(H,35,40). The summed E-state index contributed by atoms with van der Waals surface area (Å²) in [7, 11) is -1.73. The van der Waals surface area contributed by atoms with Gasteiger partial charge in [0.2, 0.25) is 0 Å². The highest BCUT2D eigenvalue weighted by molar-refractivity contribution is 6.74. The molecule has 9 nitrogen and oxygen atoms in total. The number of amides is 1. The van der Waals surface area contributed by atoms with E-state index in [1.807, 2.05) is 32.9 Å². The van der Waals surface area contributed by atoms with Gasteiger partial charge in [0.15, 0.2) is 8.32 Å². The number of phenolic OH excluding ortho intramolecular Hbond substituents is 1. The van der Waals surface area contributed by atoms with Crippen molar-refractivity contribution in [1.29, 1.82) is 0 Å². The van der Waals surface area contributed by atoms with Crippen LogP contribution >= 0.6 is 0 Å². The molecule has 0 unspecified atom stereocenters. The van der Waals surface area contributed by atoms with Crippen LogP contribution in [0.5, 0.6) is 5.75 Å². The number of benzene rings is 2. The summed E-state index contributed by atoms with van der Waals surface area (Å²) in [4.78, 5) is 31.3. The quantitative estimate of drug-likeness (QED) is 0.305. The fourth-order valence-electron chi connectivity index (χ4n) is 5.70. The molecule has 2 aliphatic heterocycles. The first kappa shape index (κ1) is 32.2. The Labute approximate surface area is 262 Å². The Bertz CT molecular complexity index is 1560. The molecule has 3 aromatic rings. The Morgan fingerprint density at radius 1 is 0.977 bits per heavy atom. The van der Waals surface area contributed by atoms with Crippen LogP contribution < -0.4 is 5.32 Å². The van der Waals surface area contributed by atoms with Gasteiger partial charge >= 0.3 is 6.09 Å². The Hall–Kier alpha value is -3.18. The number of phenols is 1. The van der Waals surface area contributed by atoms with Gasteiger partial charge in [0.05, 0.1) is 16.8 Å². The molecule has 0 bridgehead atoms. The molecule has 44 heavy (non-hydrogen) atoms. The summed E-state index contributed by atoms with van der Waals surface area (Å²) in [6, 6.07) is 11.2. The largest absolute Gasteiger partial charge is 0.508 e.